The lowest BCUT2D eigenvalue weighted by Crippen LogP contribution is -2.48. The van der Waals surface area contributed by atoms with Gasteiger partial charge in [0.05, 0.1) is 17.0 Å². The highest BCUT2D eigenvalue weighted by atomic mass is 32.1. The monoisotopic (exact) mass is 488 g/mol. The van der Waals surface area contributed by atoms with Gasteiger partial charge in [0.25, 0.3) is 5.91 Å². The third-order valence-corrected chi connectivity index (χ3v) is 7.22. The number of thiazole rings is 1. The molecule has 0 N–H and O–H groups in total. The lowest BCUT2D eigenvalue weighted by Gasteiger charge is -2.34. The van der Waals surface area contributed by atoms with Gasteiger partial charge < -0.3 is 14.2 Å². The Kier molecular flexibility index (Phi) is 6.92. The molecule has 0 radical (unpaired) electrons. The van der Waals surface area contributed by atoms with Crippen LogP contribution in [0.3, 0.4) is 0 Å². The summed E-state index contributed by atoms with van der Waals surface area (Å²) >= 11 is 1.68. The molecule has 4 aromatic rings. The fourth-order valence-corrected chi connectivity index (χ4v) is 4.99. The molecule has 1 amide bonds. The van der Waals surface area contributed by atoms with Crippen molar-refractivity contribution in [1.29, 1.82) is 0 Å². The molecule has 0 bridgehead atoms. The second-order valence-corrected chi connectivity index (χ2v) is 9.55. The highest BCUT2D eigenvalue weighted by Gasteiger charge is 2.23. The Morgan fingerprint density at radius 1 is 1.03 bits per heavy atom. The van der Waals surface area contributed by atoms with Crippen LogP contribution in [0.2, 0.25) is 0 Å². The van der Waals surface area contributed by atoms with Crippen LogP contribution in [0.5, 0.6) is 5.75 Å². The van der Waals surface area contributed by atoms with Gasteiger partial charge in [-0.3, -0.25) is 9.69 Å². The lowest BCUT2D eigenvalue weighted by molar-refractivity contribution is 0.0627. The van der Waals surface area contributed by atoms with Crippen LogP contribution >= 0.6 is 11.3 Å². The van der Waals surface area contributed by atoms with Gasteiger partial charge in [-0.15, -0.1) is 11.3 Å². The van der Waals surface area contributed by atoms with Gasteiger partial charge in [0, 0.05) is 49.2 Å². The van der Waals surface area contributed by atoms with Crippen LogP contribution in [0.4, 0.5) is 0 Å². The summed E-state index contributed by atoms with van der Waals surface area (Å²) in [4.78, 5) is 22.1. The molecule has 0 atom stereocenters. The lowest BCUT2D eigenvalue weighted by atomic mass is 10.1. The smallest absolute Gasteiger partial charge is 0.253 e. The van der Waals surface area contributed by atoms with Gasteiger partial charge in [0.1, 0.15) is 23.1 Å². The van der Waals surface area contributed by atoms with Crippen molar-refractivity contribution in [3.05, 3.63) is 88.3 Å². The summed E-state index contributed by atoms with van der Waals surface area (Å²) in [5.74, 6) is 1.53. The maximum absolute atomic E-state index is 13.0. The first-order chi connectivity index (χ1) is 17.1. The molecule has 7 nitrogen and oxygen atoms in total. The van der Waals surface area contributed by atoms with Gasteiger partial charge in [-0.25, -0.2) is 4.98 Å². The number of nitrogens with zero attached hydrogens (tertiary/aromatic N) is 4. The maximum atomic E-state index is 13.0. The quantitative estimate of drug-likeness (QED) is 0.367. The third-order valence-electron chi connectivity index (χ3n) is 6.28. The Morgan fingerprint density at radius 3 is 2.46 bits per heavy atom. The summed E-state index contributed by atoms with van der Waals surface area (Å²) in [6, 6.07) is 17.6. The number of amides is 1. The number of benzene rings is 2. The Labute approximate surface area is 209 Å². The molecular formula is C27H28N4O3S. The average molecular weight is 489 g/mol. The topological polar surface area (TPSA) is 71.7 Å². The number of aromatic nitrogens is 2. The van der Waals surface area contributed by atoms with Crippen LogP contribution in [0.25, 0.3) is 10.6 Å². The fourth-order valence-electron chi connectivity index (χ4n) is 4.17. The Morgan fingerprint density at radius 2 is 1.77 bits per heavy atom. The summed E-state index contributed by atoms with van der Waals surface area (Å²) < 4.78 is 11.0. The minimum absolute atomic E-state index is 0.0574. The van der Waals surface area contributed by atoms with E-state index in [1.165, 1.54) is 0 Å². The predicted molar refractivity (Wildman–Crippen MR) is 135 cm³/mol. The van der Waals surface area contributed by atoms with Gasteiger partial charge in [-0.05, 0) is 38.1 Å². The second kappa shape index (κ2) is 10.4. The maximum Gasteiger partial charge on any atom is 0.253 e. The van der Waals surface area contributed by atoms with Crippen LogP contribution in [0, 0.1) is 13.8 Å². The van der Waals surface area contributed by atoms with E-state index >= 15 is 0 Å². The normalized spacial score (nSPS) is 14.3. The number of carbonyl (C=O) groups is 1. The standard InChI is InChI=1S/C27H28N4O3S/c1-19-25(20(2)34-29-19)17-33-24-10-8-22(9-11-24)27(32)31-14-12-30(13-15-31)16-23-18-35-26(28-23)21-6-4-3-5-7-21/h3-11,18H,12-17H2,1-2H3. The molecular weight excluding hydrogens is 460 g/mol. The first kappa shape index (κ1) is 23.3. The van der Waals surface area contributed by atoms with E-state index in [-0.39, 0.29) is 5.91 Å². The first-order valence-corrected chi connectivity index (χ1v) is 12.6. The zero-order chi connectivity index (χ0) is 24.2. The fraction of sp³-hybridized carbons (Fsp3) is 0.296. The highest BCUT2D eigenvalue weighted by molar-refractivity contribution is 7.13. The number of piperazine rings is 1. The molecule has 2 aromatic heterocycles. The molecule has 8 heteroatoms. The minimum Gasteiger partial charge on any atom is -0.489 e. The van der Waals surface area contributed by atoms with Crippen LogP contribution in [0.15, 0.2) is 64.5 Å². The third kappa shape index (κ3) is 5.44. The number of hydrogen-bond acceptors (Lipinski definition) is 7. The van der Waals surface area contributed by atoms with E-state index in [0.717, 1.165) is 52.9 Å². The minimum atomic E-state index is 0.0574. The van der Waals surface area contributed by atoms with Crippen LogP contribution in [-0.4, -0.2) is 52.0 Å². The van der Waals surface area contributed by atoms with Crippen molar-refractivity contribution in [2.45, 2.75) is 27.0 Å². The van der Waals surface area contributed by atoms with Gasteiger partial charge in [-0.2, -0.15) is 0 Å². The van der Waals surface area contributed by atoms with Gasteiger partial charge in [0.15, 0.2) is 0 Å². The molecule has 0 spiro atoms. The van der Waals surface area contributed by atoms with Gasteiger partial charge in [-0.1, -0.05) is 35.5 Å². The second-order valence-electron chi connectivity index (χ2n) is 8.69. The van der Waals surface area contributed by atoms with Gasteiger partial charge in [0.2, 0.25) is 0 Å². The average Bonchev–Trinajstić information content (AvgIpc) is 3.49. The molecule has 1 fully saturated rings. The van der Waals surface area contributed by atoms with Crippen LogP contribution in [0.1, 0.15) is 33.1 Å². The predicted octanol–water partition coefficient (Wildman–Crippen LogP) is 4.95. The van der Waals surface area contributed by atoms with Crippen LogP contribution < -0.4 is 4.74 Å². The van der Waals surface area contributed by atoms with E-state index < -0.39 is 0 Å². The molecule has 2 aromatic carbocycles. The van der Waals surface area contributed by atoms with Crippen LogP contribution in [-0.2, 0) is 13.2 Å². The summed E-state index contributed by atoms with van der Waals surface area (Å²) in [7, 11) is 0. The van der Waals surface area contributed by atoms with E-state index in [4.69, 9.17) is 14.2 Å². The number of rotatable bonds is 7. The summed E-state index contributed by atoms with van der Waals surface area (Å²) in [6.45, 7) is 8.06. The molecule has 0 aliphatic carbocycles. The Hall–Kier alpha value is -3.49. The zero-order valence-corrected chi connectivity index (χ0v) is 20.8. The van der Waals surface area contributed by atoms with E-state index in [9.17, 15) is 4.79 Å². The van der Waals surface area contributed by atoms with Gasteiger partial charge >= 0.3 is 0 Å². The molecule has 1 aliphatic heterocycles. The summed E-state index contributed by atoms with van der Waals surface area (Å²) in [5, 5.41) is 7.13. The Balaban J connectivity index is 1.11. The summed E-state index contributed by atoms with van der Waals surface area (Å²) in [6.07, 6.45) is 0. The number of aryl methyl sites for hydroxylation is 2. The van der Waals surface area contributed by atoms with E-state index in [2.05, 4.69) is 27.6 Å². The van der Waals surface area contributed by atoms with Crippen molar-refractivity contribution in [3.63, 3.8) is 0 Å². The van der Waals surface area contributed by atoms with E-state index in [0.29, 0.717) is 31.0 Å². The number of hydrogen-bond donors (Lipinski definition) is 0. The summed E-state index contributed by atoms with van der Waals surface area (Å²) in [5.41, 5.74) is 4.70. The first-order valence-electron chi connectivity index (χ1n) is 11.7. The van der Waals surface area contributed by atoms with E-state index in [1.807, 2.05) is 61.2 Å². The molecule has 3 heterocycles. The van der Waals surface area contributed by atoms with Crippen molar-refractivity contribution in [2.75, 3.05) is 26.2 Å². The molecule has 0 saturated carbocycles. The van der Waals surface area contributed by atoms with Crippen molar-refractivity contribution in [3.8, 4) is 16.3 Å². The van der Waals surface area contributed by atoms with Crippen molar-refractivity contribution in [2.24, 2.45) is 0 Å². The highest BCUT2D eigenvalue weighted by Crippen LogP contribution is 2.24. The largest absolute Gasteiger partial charge is 0.489 e. The Bertz CT molecular complexity index is 1260. The molecule has 5 rings (SSSR count). The van der Waals surface area contributed by atoms with Crippen molar-refractivity contribution < 1.29 is 14.1 Å². The number of ether oxygens (including phenoxy) is 1. The van der Waals surface area contributed by atoms with Crippen molar-refractivity contribution >= 4 is 17.2 Å². The molecule has 180 valence electrons. The SMILES string of the molecule is Cc1noc(C)c1COc1ccc(C(=O)N2CCN(Cc3csc(-c4ccccc4)n3)CC2)cc1. The molecule has 0 unspecified atom stereocenters. The van der Waals surface area contributed by atoms with E-state index in [1.54, 1.807) is 11.3 Å². The molecule has 1 aliphatic rings. The molecule has 35 heavy (non-hydrogen) atoms. The number of carbonyl (C=O) groups excluding carboxylic acids is 1. The van der Waals surface area contributed by atoms with Crippen molar-refractivity contribution in [1.82, 2.24) is 19.9 Å². The zero-order valence-electron chi connectivity index (χ0n) is 19.9. The molecule has 1 saturated heterocycles.